The van der Waals surface area contributed by atoms with Crippen LogP contribution in [0, 0.1) is 0 Å². The Bertz CT molecular complexity index is 1010. The molecule has 1 amide bonds. The highest BCUT2D eigenvalue weighted by Gasteiger charge is 2.54. The van der Waals surface area contributed by atoms with Crippen molar-refractivity contribution in [2.24, 2.45) is 0 Å². The number of hydrogen-bond donors (Lipinski definition) is 13. The van der Waals surface area contributed by atoms with Crippen LogP contribution in [0.25, 0.3) is 0 Å². The van der Waals surface area contributed by atoms with Crippen LogP contribution >= 0.6 is 0 Å². The zero-order valence-electron chi connectivity index (χ0n) is 25.3. The van der Waals surface area contributed by atoms with E-state index >= 15 is 0 Å². The van der Waals surface area contributed by atoms with Crippen molar-refractivity contribution in [3.05, 3.63) is 0 Å². The van der Waals surface area contributed by atoms with Gasteiger partial charge in [0.1, 0.15) is 91.5 Å². The van der Waals surface area contributed by atoms with Crippen molar-refractivity contribution in [1.29, 1.82) is 0 Å². The first-order valence-corrected chi connectivity index (χ1v) is 14.9. The lowest BCUT2D eigenvalue weighted by Crippen LogP contribution is -2.69. The average Bonchev–Trinajstić information content (AvgIpc) is 3.03. The molecule has 4 fully saturated rings. The summed E-state index contributed by atoms with van der Waals surface area (Å²) in [6.07, 6.45) is -32.0. The quantitative estimate of drug-likeness (QED) is 0.101. The summed E-state index contributed by atoms with van der Waals surface area (Å²) in [4.78, 5) is 12.3. The molecule has 0 saturated carbocycles. The molecule has 0 aromatic carbocycles. The van der Waals surface area contributed by atoms with Crippen molar-refractivity contribution in [2.45, 2.75) is 137 Å². The third-order valence-electron chi connectivity index (χ3n) is 8.55. The molecule has 21 nitrogen and oxygen atoms in total. The molecule has 20 atom stereocenters. The molecule has 1 unspecified atom stereocenters. The van der Waals surface area contributed by atoms with Crippen LogP contribution in [0.4, 0.5) is 0 Å². The monoisotopic (exact) mass is 691 g/mol. The van der Waals surface area contributed by atoms with Crippen LogP contribution in [0.5, 0.6) is 0 Å². The highest BCUT2D eigenvalue weighted by atomic mass is 16.8. The summed E-state index contributed by atoms with van der Waals surface area (Å²) >= 11 is 0. The first kappa shape index (κ1) is 38.5. The Hall–Kier alpha value is -1.29. The summed E-state index contributed by atoms with van der Waals surface area (Å²) in [7, 11) is 0. The summed E-state index contributed by atoms with van der Waals surface area (Å²) in [5, 5.41) is 126. The number of amides is 1. The van der Waals surface area contributed by atoms with Crippen LogP contribution < -0.4 is 5.32 Å². The standard InChI is InChI=1S/C26H45NO20/c1-6-12(31)16(35)20(39)25(42-6)47-22-18(37)13(32)8(3-28)45-26(22)46-21-11(27-7(2)30)24(44-9(4-29)15(21)34)41-5-10-14(33)17(36)19(38)23(40)43-10/h6,8-26,28-29,31-40H,3-5H2,1-2H3,(H,27,30)/t6-,8+,9+,10+,11+,12+,13-,14-,15+,16+,17-,18-,19+,20-,21+,22+,23?,24+,25-,26-/m0/s1. The summed E-state index contributed by atoms with van der Waals surface area (Å²) in [5.74, 6) is -0.709. The Morgan fingerprint density at radius 1 is 0.596 bits per heavy atom. The van der Waals surface area contributed by atoms with Crippen molar-refractivity contribution in [2.75, 3.05) is 19.8 Å². The van der Waals surface area contributed by atoms with E-state index in [9.17, 15) is 66.1 Å². The molecule has 4 aliphatic rings. The fraction of sp³-hybridized carbons (Fsp3) is 0.962. The fourth-order valence-electron chi connectivity index (χ4n) is 5.76. The number of carbonyl (C=O) groups is 1. The Morgan fingerprint density at radius 3 is 1.77 bits per heavy atom. The molecule has 0 aliphatic carbocycles. The molecular weight excluding hydrogens is 646 g/mol. The zero-order chi connectivity index (χ0) is 34.9. The number of ether oxygens (including phenoxy) is 7. The smallest absolute Gasteiger partial charge is 0.217 e. The van der Waals surface area contributed by atoms with Crippen molar-refractivity contribution < 1.29 is 99.2 Å². The minimum Gasteiger partial charge on any atom is -0.394 e. The molecule has 4 saturated heterocycles. The van der Waals surface area contributed by atoms with Gasteiger partial charge in [-0.1, -0.05) is 0 Å². The summed E-state index contributed by atoms with van der Waals surface area (Å²) in [6.45, 7) is 0.125. The Balaban J connectivity index is 1.60. The van der Waals surface area contributed by atoms with E-state index < -0.39 is 148 Å². The van der Waals surface area contributed by atoms with Gasteiger partial charge in [-0.15, -0.1) is 0 Å². The molecule has 274 valence electrons. The highest BCUT2D eigenvalue weighted by Crippen LogP contribution is 2.33. The van der Waals surface area contributed by atoms with E-state index in [0.29, 0.717) is 0 Å². The van der Waals surface area contributed by atoms with Crippen molar-refractivity contribution in [3.8, 4) is 0 Å². The normalized spacial score (nSPS) is 51.0. The zero-order valence-corrected chi connectivity index (χ0v) is 25.3. The Kier molecular flexibility index (Phi) is 13.2. The minimum absolute atomic E-state index is 0.643. The van der Waals surface area contributed by atoms with E-state index in [2.05, 4.69) is 5.32 Å². The van der Waals surface area contributed by atoms with Gasteiger partial charge in [0.25, 0.3) is 0 Å². The third kappa shape index (κ3) is 8.20. The lowest BCUT2D eigenvalue weighted by atomic mass is 9.95. The van der Waals surface area contributed by atoms with Gasteiger partial charge >= 0.3 is 0 Å². The van der Waals surface area contributed by atoms with Crippen molar-refractivity contribution in [3.63, 3.8) is 0 Å². The molecule has 4 heterocycles. The van der Waals surface area contributed by atoms with Gasteiger partial charge in [-0.2, -0.15) is 0 Å². The van der Waals surface area contributed by atoms with Crippen molar-refractivity contribution >= 4 is 5.91 Å². The number of hydrogen-bond acceptors (Lipinski definition) is 20. The summed E-state index contributed by atoms with van der Waals surface area (Å²) in [5.41, 5.74) is 0. The maximum Gasteiger partial charge on any atom is 0.217 e. The molecule has 0 aromatic rings. The number of aliphatic hydroxyl groups excluding tert-OH is 12. The molecule has 4 rings (SSSR count). The van der Waals surface area contributed by atoms with Crippen LogP contribution in [0.3, 0.4) is 0 Å². The summed E-state index contributed by atoms with van der Waals surface area (Å²) in [6, 6.07) is -1.49. The van der Waals surface area contributed by atoms with E-state index in [1.165, 1.54) is 6.92 Å². The first-order valence-electron chi connectivity index (χ1n) is 14.9. The molecule has 4 aliphatic heterocycles. The minimum atomic E-state index is -1.92. The van der Waals surface area contributed by atoms with E-state index in [1.807, 2.05) is 0 Å². The molecule has 0 aromatic heterocycles. The van der Waals surface area contributed by atoms with Crippen LogP contribution in [-0.2, 0) is 38.0 Å². The second-order valence-corrected chi connectivity index (χ2v) is 11.9. The predicted octanol–water partition coefficient (Wildman–Crippen LogP) is -8.58. The predicted molar refractivity (Wildman–Crippen MR) is 144 cm³/mol. The maximum absolute atomic E-state index is 12.3. The van der Waals surface area contributed by atoms with Crippen LogP contribution in [0.1, 0.15) is 13.8 Å². The molecule has 21 heteroatoms. The van der Waals surface area contributed by atoms with E-state index in [1.54, 1.807) is 0 Å². The van der Waals surface area contributed by atoms with Crippen LogP contribution in [0.2, 0.25) is 0 Å². The Labute approximate surface area is 267 Å². The van der Waals surface area contributed by atoms with Gasteiger partial charge in [-0.05, 0) is 6.92 Å². The molecule has 0 radical (unpaired) electrons. The largest absolute Gasteiger partial charge is 0.394 e. The van der Waals surface area contributed by atoms with Crippen LogP contribution in [-0.4, -0.2) is 210 Å². The lowest BCUT2D eigenvalue weighted by Gasteiger charge is -2.49. The molecule has 47 heavy (non-hydrogen) atoms. The molecular formula is C26H45NO20. The number of rotatable bonds is 10. The van der Waals surface area contributed by atoms with Gasteiger partial charge in [-0.25, -0.2) is 0 Å². The SMILES string of the molecule is CC(=O)N[C@H]1[C@H](OC[C@H]2OC(O)[C@H](O)[C@@H](O)[C@H]2O)O[C@H](CO)[C@@H](O)[C@@H]1O[C@@H]1O[C@H](CO)[C@H](O)[C@H](O)[C@H]1O[C@@H]1O[C@@H](C)[C@@H](O)[C@@H](O)[C@@H]1O. The molecule has 13 N–H and O–H groups in total. The van der Waals surface area contributed by atoms with Crippen molar-refractivity contribution in [1.82, 2.24) is 5.32 Å². The maximum atomic E-state index is 12.3. The molecule has 0 spiro atoms. The average molecular weight is 692 g/mol. The fourth-order valence-corrected chi connectivity index (χ4v) is 5.76. The van der Waals surface area contributed by atoms with Gasteiger partial charge in [0.15, 0.2) is 25.2 Å². The van der Waals surface area contributed by atoms with Gasteiger partial charge < -0.3 is 99.8 Å². The van der Waals surface area contributed by atoms with E-state index in [0.717, 1.165) is 6.92 Å². The lowest BCUT2D eigenvalue weighted by molar-refractivity contribution is -0.382. The van der Waals surface area contributed by atoms with Gasteiger partial charge in [0.2, 0.25) is 5.91 Å². The topological polar surface area (TPSA) is 336 Å². The van der Waals surface area contributed by atoms with Crippen LogP contribution in [0.15, 0.2) is 0 Å². The number of nitrogens with one attached hydrogen (secondary N) is 1. The Morgan fingerprint density at radius 2 is 1.15 bits per heavy atom. The van der Waals surface area contributed by atoms with Gasteiger partial charge in [0.05, 0.1) is 25.9 Å². The van der Waals surface area contributed by atoms with E-state index in [-0.39, 0.29) is 0 Å². The number of carbonyl (C=O) groups excluding carboxylic acids is 1. The summed E-state index contributed by atoms with van der Waals surface area (Å²) < 4.78 is 39.1. The second kappa shape index (κ2) is 16.2. The first-order chi connectivity index (χ1) is 22.1. The second-order valence-electron chi connectivity index (χ2n) is 11.9. The third-order valence-corrected chi connectivity index (χ3v) is 8.55. The molecule has 0 bridgehead atoms. The number of aliphatic hydroxyl groups is 12. The highest BCUT2D eigenvalue weighted by molar-refractivity contribution is 5.73. The van der Waals surface area contributed by atoms with Gasteiger partial charge in [0, 0.05) is 6.92 Å². The van der Waals surface area contributed by atoms with Gasteiger partial charge in [-0.3, -0.25) is 4.79 Å². The van der Waals surface area contributed by atoms with E-state index in [4.69, 9.17) is 33.2 Å².